The van der Waals surface area contributed by atoms with Crippen molar-refractivity contribution in [1.82, 2.24) is 0 Å². The van der Waals surface area contributed by atoms with Gasteiger partial charge in [0.2, 0.25) is 0 Å². The lowest BCUT2D eigenvalue weighted by Crippen LogP contribution is -2.32. The van der Waals surface area contributed by atoms with E-state index < -0.39 is 6.43 Å². The highest BCUT2D eigenvalue weighted by Crippen LogP contribution is 2.47. The van der Waals surface area contributed by atoms with E-state index >= 15 is 0 Å². The first-order chi connectivity index (χ1) is 9.04. The lowest BCUT2D eigenvalue weighted by atomic mass is 9.77. The zero-order chi connectivity index (χ0) is 14.0. The number of benzene rings is 1. The van der Waals surface area contributed by atoms with Gasteiger partial charge < -0.3 is 10.5 Å². The fourth-order valence-corrected chi connectivity index (χ4v) is 3.22. The molecule has 0 aliphatic heterocycles. The van der Waals surface area contributed by atoms with Gasteiger partial charge in [-0.1, -0.05) is 24.5 Å². The number of hydrogen-bond acceptors (Lipinski definition) is 2. The van der Waals surface area contributed by atoms with Crippen LogP contribution in [0.25, 0.3) is 0 Å². The molecule has 2 rings (SSSR count). The number of methoxy groups -OCH3 is 1. The summed E-state index contributed by atoms with van der Waals surface area (Å²) in [6, 6.07) is 3.47. The van der Waals surface area contributed by atoms with Crippen LogP contribution < -0.4 is 10.5 Å². The lowest BCUT2D eigenvalue weighted by Gasteiger charge is -2.31. The smallest absolute Gasteiger partial charge is 0.267 e. The van der Waals surface area contributed by atoms with Gasteiger partial charge in [0.05, 0.1) is 12.7 Å². The van der Waals surface area contributed by atoms with E-state index in [0.717, 1.165) is 36.8 Å². The predicted molar refractivity (Wildman–Crippen MR) is 71.9 cm³/mol. The molecule has 1 aromatic rings. The second-order valence-electron chi connectivity index (χ2n) is 5.43. The maximum atomic E-state index is 13.2. The molecule has 0 aromatic heterocycles. The fourth-order valence-electron chi connectivity index (χ4n) is 3.22. The van der Waals surface area contributed by atoms with Crippen molar-refractivity contribution in [2.75, 3.05) is 13.7 Å². The topological polar surface area (TPSA) is 35.2 Å². The molecule has 0 heterocycles. The van der Waals surface area contributed by atoms with E-state index in [1.807, 2.05) is 13.0 Å². The SMILES string of the molecule is COc1c(C(F)F)cc(C)cc1C1(CN)CCCC1. The minimum absolute atomic E-state index is 0.0165. The summed E-state index contributed by atoms with van der Waals surface area (Å²) in [5, 5.41) is 0. The zero-order valence-electron chi connectivity index (χ0n) is 11.5. The van der Waals surface area contributed by atoms with Crippen LogP contribution in [0.2, 0.25) is 0 Å². The maximum absolute atomic E-state index is 13.2. The van der Waals surface area contributed by atoms with Crippen molar-refractivity contribution < 1.29 is 13.5 Å². The maximum Gasteiger partial charge on any atom is 0.267 e. The van der Waals surface area contributed by atoms with Crippen molar-refractivity contribution in [3.05, 3.63) is 28.8 Å². The number of rotatable bonds is 4. The summed E-state index contributed by atoms with van der Waals surface area (Å²) in [4.78, 5) is 0. The summed E-state index contributed by atoms with van der Waals surface area (Å²) in [5.41, 5.74) is 7.45. The Bertz CT molecular complexity index is 454. The van der Waals surface area contributed by atoms with E-state index in [-0.39, 0.29) is 11.0 Å². The highest BCUT2D eigenvalue weighted by Gasteiger charge is 2.38. The lowest BCUT2D eigenvalue weighted by molar-refractivity contribution is 0.146. The Hall–Kier alpha value is -1.16. The standard InChI is InChI=1S/C15H21F2NO/c1-10-7-11(14(16)17)13(19-2)12(8-10)15(9-18)5-3-4-6-15/h7-8,14H,3-6,9,18H2,1-2H3. The molecule has 0 bridgehead atoms. The molecule has 106 valence electrons. The first kappa shape index (κ1) is 14.3. The van der Waals surface area contributed by atoms with Crippen LogP contribution in [-0.2, 0) is 5.41 Å². The number of nitrogens with two attached hydrogens (primary N) is 1. The van der Waals surface area contributed by atoms with E-state index in [2.05, 4.69) is 0 Å². The minimum atomic E-state index is -2.52. The van der Waals surface area contributed by atoms with Gasteiger partial charge in [-0.3, -0.25) is 0 Å². The van der Waals surface area contributed by atoms with Gasteiger partial charge in [-0.15, -0.1) is 0 Å². The van der Waals surface area contributed by atoms with Crippen LogP contribution in [0, 0.1) is 6.92 Å². The first-order valence-corrected chi connectivity index (χ1v) is 6.71. The highest BCUT2D eigenvalue weighted by atomic mass is 19.3. The molecule has 1 saturated carbocycles. The minimum Gasteiger partial charge on any atom is -0.496 e. The molecule has 0 radical (unpaired) electrons. The van der Waals surface area contributed by atoms with Gasteiger partial charge in [-0.05, 0) is 25.8 Å². The molecule has 4 heteroatoms. The largest absolute Gasteiger partial charge is 0.496 e. The van der Waals surface area contributed by atoms with Crippen LogP contribution in [0.4, 0.5) is 8.78 Å². The van der Waals surface area contributed by atoms with Crippen molar-refractivity contribution in [3.8, 4) is 5.75 Å². The first-order valence-electron chi connectivity index (χ1n) is 6.71. The summed E-state index contributed by atoms with van der Waals surface area (Å²) in [5.74, 6) is 0.327. The normalized spacial score (nSPS) is 18.0. The number of halogens is 2. The van der Waals surface area contributed by atoms with Crippen LogP contribution >= 0.6 is 0 Å². The van der Waals surface area contributed by atoms with E-state index in [1.54, 1.807) is 0 Å². The molecule has 0 atom stereocenters. The number of hydrogen-bond donors (Lipinski definition) is 1. The molecule has 1 aliphatic rings. The zero-order valence-corrected chi connectivity index (χ0v) is 11.5. The molecule has 0 saturated heterocycles. The summed E-state index contributed by atoms with van der Waals surface area (Å²) in [6.45, 7) is 2.32. The Labute approximate surface area is 112 Å². The molecule has 0 unspecified atom stereocenters. The Morgan fingerprint density at radius 1 is 1.32 bits per heavy atom. The molecular weight excluding hydrogens is 248 g/mol. The van der Waals surface area contributed by atoms with E-state index in [4.69, 9.17) is 10.5 Å². The molecule has 2 nitrogen and oxygen atoms in total. The van der Waals surface area contributed by atoms with E-state index in [9.17, 15) is 8.78 Å². The molecule has 19 heavy (non-hydrogen) atoms. The van der Waals surface area contributed by atoms with Crippen LogP contribution in [0.3, 0.4) is 0 Å². The van der Waals surface area contributed by atoms with Crippen molar-refractivity contribution in [2.24, 2.45) is 5.73 Å². The summed E-state index contributed by atoms with van der Waals surface area (Å²) in [7, 11) is 1.46. The van der Waals surface area contributed by atoms with Gasteiger partial charge in [-0.25, -0.2) is 8.78 Å². The molecule has 0 amide bonds. The van der Waals surface area contributed by atoms with Crippen molar-refractivity contribution in [3.63, 3.8) is 0 Å². The van der Waals surface area contributed by atoms with Gasteiger partial charge in [0.15, 0.2) is 0 Å². The summed E-state index contributed by atoms with van der Waals surface area (Å²) in [6.07, 6.45) is 1.57. The van der Waals surface area contributed by atoms with Crippen LogP contribution in [-0.4, -0.2) is 13.7 Å². The molecule has 1 fully saturated rings. The Balaban J connectivity index is 2.61. The third kappa shape index (κ3) is 2.46. The second-order valence-corrected chi connectivity index (χ2v) is 5.43. The Morgan fingerprint density at radius 2 is 1.95 bits per heavy atom. The van der Waals surface area contributed by atoms with Gasteiger partial charge in [0, 0.05) is 17.5 Å². The van der Waals surface area contributed by atoms with Gasteiger partial charge >= 0.3 is 0 Å². The van der Waals surface area contributed by atoms with Gasteiger partial charge in [0.25, 0.3) is 6.43 Å². The number of aryl methyl sites for hydroxylation is 1. The van der Waals surface area contributed by atoms with E-state index in [0.29, 0.717) is 12.3 Å². The predicted octanol–water partition coefficient (Wildman–Crippen LogP) is 3.71. The average molecular weight is 269 g/mol. The molecular formula is C15H21F2NO. The number of ether oxygens (including phenoxy) is 1. The van der Waals surface area contributed by atoms with Crippen LogP contribution in [0.5, 0.6) is 5.75 Å². The van der Waals surface area contributed by atoms with Crippen molar-refractivity contribution in [1.29, 1.82) is 0 Å². The van der Waals surface area contributed by atoms with Crippen molar-refractivity contribution >= 4 is 0 Å². The number of alkyl halides is 2. The molecule has 1 aromatic carbocycles. The quantitative estimate of drug-likeness (QED) is 0.904. The Morgan fingerprint density at radius 3 is 2.42 bits per heavy atom. The van der Waals surface area contributed by atoms with Crippen molar-refractivity contribution in [2.45, 2.75) is 44.4 Å². The average Bonchev–Trinajstić information content (AvgIpc) is 2.87. The third-order valence-electron chi connectivity index (χ3n) is 4.22. The molecule has 1 aliphatic carbocycles. The summed E-state index contributed by atoms with van der Waals surface area (Å²) < 4.78 is 31.7. The van der Waals surface area contributed by atoms with Crippen LogP contribution in [0.1, 0.15) is 48.8 Å². The Kier molecular flexibility index (Phi) is 4.09. The van der Waals surface area contributed by atoms with Crippen LogP contribution in [0.15, 0.2) is 12.1 Å². The highest BCUT2D eigenvalue weighted by molar-refractivity contribution is 5.49. The molecule has 2 N–H and O–H groups in total. The van der Waals surface area contributed by atoms with E-state index in [1.165, 1.54) is 13.2 Å². The fraction of sp³-hybridized carbons (Fsp3) is 0.600. The van der Waals surface area contributed by atoms with Gasteiger partial charge in [-0.2, -0.15) is 0 Å². The molecule has 0 spiro atoms. The third-order valence-corrected chi connectivity index (χ3v) is 4.22. The monoisotopic (exact) mass is 269 g/mol. The van der Waals surface area contributed by atoms with Gasteiger partial charge in [0.1, 0.15) is 5.75 Å². The summed E-state index contributed by atoms with van der Waals surface area (Å²) >= 11 is 0. The second kappa shape index (κ2) is 5.45.